The molecule has 0 saturated heterocycles. The molecule has 0 aliphatic rings. The number of aryl methyl sites for hydroxylation is 1. The van der Waals surface area contributed by atoms with Gasteiger partial charge in [-0.25, -0.2) is 4.79 Å². The van der Waals surface area contributed by atoms with Crippen LogP contribution >= 0.6 is 0 Å². The molecule has 5 nitrogen and oxygen atoms in total. The molecule has 1 N–H and O–H groups in total. The van der Waals surface area contributed by atoms with Crippen LogP contribution in [0.2, 0.25) is 0 Å². The quantitative estimate of drug-likeness (QED) is 0.321. The number of esters is 1. The lowest BCUT2D eigenvalue weighted by Crippen LogP contribution is -2.09. The summed E-state index contributed by atoms with van der Waals surface area (Å²) in [5, 5.41) is 10.1. The third-order valence-corrected chi connectivity index (χ3v) is 4.72. The van der Waals surface area contributed by atoms with Crippen molar-refractivity contribution in [1.82, 2.24) is 0 Å². The molecule has 0 saturated carbocycles. The van der Waals surface area contributed by atoms with Crippen molar-refractivity contribution < 1.29 is 19.4 Å². The third-order valence-electron chi connectivity index (χ3n) is 4.72. The van der Waals surface area contributed by atoms with Gasteiger partial charge in [-0.2, -0.15) is 0 Å². The Morgan fingerprint density at radius 3 is 2.43 bits per heavy atom. The Hall–Kier alpha value is -3.60. The zero-order valence-electron chi connectivity index (χ0n) is 17.5. The molecule has 30 heavy (non-hydrogen) atoms. The predicted molar refractivity (Wildman–Crippen MR) is 119 cm³/mol. The maximum Gasteiger partial charge on any atom is 0.343 e. The van der Waals surface area contributed by atoms with E-state index in [1.165, 1.54) is 7.11 Å². The van der Waals surface area contributed by atoms with Crippen LogP contribution in [0.5, 0.6) is 17.2 Å². The highest BCUT2D eigenvalue weighted by molar-refractivity contribution is 5.91. The lowest BCUT2D eigenvalue weighted by molar-refractivity contribution is 0.0729. The maximum atomic E-state index is 12.3. The lowest BCUT2D eigenvalue weighted by Gasteiger charge is -2.11. The fraction of sp³-hybridized carbons (Fsp3) is 0.200. The minimum atomic E-state index is -0.448. The van der Waals surface area contributed by atoms with E-state index in [-0.39, 0.29) is 11.7 Å². The van der Waals surface area contributed by atoms with E-state index in [9.17, 15) is 9.90 Å². The van der Waals surface area contributed by atoms with Gasteiger partial charge in [-0.1, -0.05) is 32.0 Å². The highest BCUT2D eigenvalue weighted by atomic mass is 16.6. The number of benzene rings is 3. The second kappa shape index (κ2) is 9.27. The molecule has 0 aliphatic carbocycles. The predicted octanol–water partition coefficient (Wildman–Crippen LogP) is 5.80. The van der Waals surface area contributed by atoms with Gasteiger partial charge in [0.05, 0.1) is 18.4 Å². The van der Waals surface area contributed by atoms with Crippen LogP contribution in [0.3, 0.4) is 0 Å². The van der Waals surface area contributed by atoms with Gasteiger partial charge in [0.15, 0.2) is 11.5 Å². The molecular formula is C25H25NO4. The van der Waals surface area contributed by atoms with E-state index in [0.29, 0.717) is 17.1 Å². The van der Waals surface area contributed by atoms with E-state index in [2.05, 4.69) is 4.99 Å². The number of rotatable bonds is 6. The van der Waals surface area contributed by atoms with Gasteiger partial charge in [0.25, 0.3) is 0 Å². The van der Waals surface area contributed by atoms with Crippen molar-refractivity contribution in [3.63, 3.8) is 0 Å². The van der Waals surface area contributed by atoms with Gasteiger partial charge in [-0.15, -0.1) is 0 Å². The number of hydrogen-bond donors (Lipinski definition) is 1. The largest absolute Gasteiger partial charge is 0.508 e. The Kier molecular flexibility index (Phi) is 6.52. The molecule has 0 aromatic heterocycles. The van der Waals surface area contributed by atoms with Gasteiger partial charge in [0, 0.05) is 6.21 Å². The van der Waals surface area contributed by atoms with Crippen molar-refractivity contribution in [2.45, 2.75) is 26.7 Å². The molecule has 5 heteroatoms. The molecule has 0 spiro atoms. The zero-order valence-corrected chi connectivity index (χ0v) is 17.5. The molecule has 0 fully saturated rings. The average Bonchev–Trinajstić information content (AvgIpc) is 2.74. The number of aromatic hydroxyl groups is 1. The normalized spacial score (nSPS) is 11.1. The molecule has 3 aromatic rings. The highest BCUT2D eigenvalue weighted by Gasteiger charge is 2.13. The number of carbonyl (C=O) groups is 1. The Balaban J connectivity index is 1.83. The minimum Gasteiger partial charge on any atom is -0.508 e. The molecule has 0 unspecified atom stereocenters. The summed E-state index contributed by atoms with van der Waals surface area (Å²) >= 11 is 0. The zero-order chi connectivity index (χ0) is 21.7. The standard InChI is InChI=1S/C25H25NO4/c1-16(2)20-14-21(17(3)12-22(20)27)26-15-18-10-11-23(24(13-18)29-4)30-25(28)19-8-6-5-7-9-19/h5-16,27H,1-4H3. The van der Waals surface area contributed by atoms with Gasteiger partial charge >= 0.3 is 5.97 Å². The van der Waals surface area contributed by atoms with Crippen LogP contribution in [0, 0.1) is 6.92 Å². The van der Waals surface area contributed by atoms with Gasteiger partial charge in [-0.3, -0.25) is 4.99 Å². The number of ether oxygens (including phenoxy) is 2. The van der Waals surface area contributed by atoms with Crippen molar-refractivity contribution >= 4 is 17.9 Å². The molecule has 0 bridgehead atoms. The molecule has 0 amide bonds. The number of nitrogens with zero attached hydrogens (tertiary/aromatic N) is 1. The first-order chi connectivity index (χ1) is 14.4. The van der Waals surface area contributed by atoms with Crippen LogP contribution in [0.25, 0.3) is 0 Å². The smallest absolute Gasteiger partial charge is 0.343 e. The fourth-order valence-electron chi connectivity index (χ4n) is 3.02. The van der Waals surface area contributed by atoms with Crippen molar-refractivity contribution in [1.29, 1.82) is 0 Å². The van der Waals surface area contributed by atoms with E-state index in [4.69, 9.17) is 9.47 Å². The van der Waals surface area contributed by atoms with E-state index in [1.807, 2.05) is 32.9 Å². The molecule has 3 aromatic carbocycles. The average molecular weight is 403 g/mol. The van der Waals surface area contributed by atoms with E-state index < -0.39 is 5.97 Å². The number of hydrogen-bond acceptors (Lipinski definition) is 5. The van der Waals surface area contributed by atoms with E-state index in [0.717, 1.165) is 22.4 Å². The maximum absolute atomic E-state index is 12.3. The fourth-order valence-corrected chi connectivity index (χ4v) is 3.02. The molecule has 3 rings (SSSR count). The van der Waals surface area contributed by atoms with Crippen LogP contribution in [0.4, 0.5) is 5.69 Å². The molecule has 0 aliphatic heterocycles. The summed E-state index contributed by atoms with van der Waals surface area (Å²) in [6, 6.07) is 17.7. The number of methoxy groups -OCH3 is 1. The summed E-state index contributed by atoms with van der Waals surface area (Å²) in [4.78, 5) is 16.9. The Labute approximate surface area is 176 Å². The van der Waals surface area contributed by atoms with Crippen molar-refractivity contribution in [2.75, 3.05) is 7.11 Å². The number of phenolic OH excluding ortho intramolecular Hbond substituents is 1. The van der Waals surface area contributed by atoms with Gasteiger partial charge < -0.3 is 14.6 Å². The second-order valence-corrected chi connectivity index (χ2v) is 7.28. The summed E-state index contributed by atoms with van der Waals surface area (Å²) < 4.78 is 10.9. The third kappa shape index (κ3) is 4.87. The number of aliphatic imine (C=N–C) groups is 1. The second-order valence-electron chi connectivity index (χ2n) is 7.28. The Morgan fingerprint density at radius 2 is 1.77 bits per heavy atom. The minimum absolute atomic E-state index is 0.193. The van der Waals surface area contributed by atoms with Crippen LogP contribution in [0.15, 0.2) is 65.7 Å². The Bertz CT molecular complexity index is 1070. The van der Waals surface area contributed by atoms with Crippen LogP contribution < -0.4 is 9.47 Å². The van der Waals surface area contributed by atoms with Gasteiger partial charge in [-0.05, 0) is 72.0 Å². The number of carbonyl (C=O) groups excluding carboxylic acids is 1. The van der Waals surface area contributed by atoms with Crippen molar-refractivity contribution in [3.05, 3.63) is 82.9 Å². The number of phenols is 1. The van der Waals surface area contributed by atoms with E-state index >= 15 is 0 Å². The first-order valence-corrected chi connectivity index (χ1v) is 9.72. The molecule has 0 radical (unpaired) electrons. The summed E-state index contributed by atoms with van der Waals surface area (Å²) in [5.41, 5.74) is 3.79. The lowest BCUT2D eigenvalue weighted by atomic mass is 9.99. The van der Waals surface area contributed by atoms with Gasteiger partial charge in [0.2, 0.25) is 0 Å². The Morgan fingerprint density at radius 1 is 1.03 bits per heavy atom. The highest BCUT2D eigenvalue weighted by Crippen LogP contribution is 2.33. The van der Waals surface area contributed by atoms with Crippen LogP contribution in [-0.4, -0.2) is 24.4 Å². The van der Waals surface area contributed by atoms with Crippen LogP contribution in [0.1, 0.15) is 46.8 Å². The topological polar surface area (TPSA) is 68.1 Å². The first-order valence-electron chi connectivity index (χ1n) is 9.72. The van der Waals surface area contributed by atoms with Crippen LogP contribution in [-0.2, 0) is 0 Å². The summed E-state index contributed by atoms with van der Waals surface area (Å²) in [7, 11) is 1.52. The van der Waals surface area contributed by atoms with Crippen molar-refractivity contribution in [3.8, 4) is 17.2 Å². The van der Waals surface area contributed by atoms with Crippen molar-refractivity contribution in [2.24, 2.45) is 4.99 Å². The molecule has 0 heterocycles. The summed E-state index contributed by atoms with van der Waals surface area (Å²) in [6.45, 7) is 5.96. The van der Waals surface area contributed by atoms with Gasteiger partial charge in [0.1, 0.15) is 5.75 Å². The monoisotopic (exact) mass is 403 g/mol. The SMILES string of the molecule is COc1cc(C=Nc2cc(C(C)C)c(O)cc2C)ccc1OC(=O)c1ccccc1. The first kappa shape index (κ1) is 21.1. The summed E-state index contributed by atoms with van der Waals surface area (Å²) in [5.74, 6) is 0.808. The molecular weight excluding hydrogens is 378 g/mol. The van der Waals surface area contributed by atoms with E-state index in [1.54, 1.807) is 54.7 Å². The molecule has 0 atom stereocenters. The summed E-state index contributed by atoms with van der Waals surface area (Å²) in [6.07, 6.45) is 1.72. The molecule has 154 valence electrons.